The van der Waals surface area contributed by atoms with E-state index in [1.54, 1.807) is 0 Å². The van der Waals surface area contributed by atoms with Crippen LogP contribution in [0.4, 0.5) is 5.69 Å². The summed E-state index contributed by atoms with van der Waals surface area (Å²) in [6.07, 6.45) is 6.97. The third kappa shape index (κ3) is 1.94. The minimum atomic E-state index is 0.416. The lowest BCUT2D eigenvalue weighted by atomic mass is 9.83. The van der Waals surface area contributed by atoms with Crippen molar-refractivity contribution < 1.29 is 4.79 Å². The molecule has 2 aliphatic rings. The van der Waals surface area contributed by atoms with Crippen LogP contribution in [0.25, 0.3) is 0 Å². The van der Waals surface area contributed by atoms with Gasteiger partial charge >= 0.3 is 0 Å². The number of fused-ring (bicyclic) bond motifs is 2. The largest absolute Gasteiger partial charge is 0.363 e. The third-order valence-corrected chi connectivity index (χ3v) is 3.98. The molecular formula is C14H18N2O. The third-order valence-electron chi connectivity index (χ3n) is 3.98. The first kappa shape index (κ1) is 10.8. The second-order valence-corrected chi connectivity index (χ2v) is 5.25. The molecule has 3 nitrogen and oxygen atoms in total. The maximum atomic E-state index is 11.7. The van der Waals surface area contributed by atoms with Gasteiger partial charge in [0.2, 0.25) is 0 Å². The molecule has 0 saturated carbocycles. The van der Waals surface area contributed by atoms with Gasteiger partial charge in [-0.2, -0.15) is 0 Å². The molecule has 2 fully saturated rings. The number of carbonyl (C=O) groups excluding carboxylic acids is 1. The molecule has 3 rings (SSSR count). The van der Waals surface area contributed by atoms with Crippen molar-refractivity contribution in [1.82, 2.24) is 4.98 Å². The van der Waals surface area contributed by atoms with Crippen LogP contribution in [0.1, 0.15) is 37.8 Å². The number of pyridine rings is 1. The molecule has 2 unspecified atom stereocenters. The molecule has 0 amide bonds. The number of hydrogen-bond acceptors (Lipinski definition) is 3. The number of piperidine rings is 2. The van der Waals surface area contributed by atoms with Gasteiger partial charge in [-0.15, -0.1) is 0 Å². The molecule has 2 atom stereocenters. The van der Waals surface area contributed by atoms with Crippen LogP contribution >= 0.6 is 0 Å². The number of ketones is 1. The predicted octanol–water partition coefficient (Wildman–Crippen LogP) is 2.48. The number of aromatic nitrogens is 1. The van der Waals surface area contributed by atoms with E-state index in [0.717, 1.165) is 31.4 Å². The summed E-state index contributed by atoms with van der Waals surface area (Å²) in [4.78, 5) is 18.5. The Morgan fingerprint density at radius 1 is 1.24 bits per heavy atom. The molecule has 90 valence electrons. The van der Waals surface area contributed by atoms with Gasteiger partial charge in [-0.25, -0.2) is 0 Å². The first-order chi connectivity index (χ1) is 8.24. The molecule has 3 heteroatoms. The van der Waals surface area contributed by atoms with Gasteiger partial charge in [0.1, 0.15) is 5.78 Å². The fraction of sp³-hybridized carbons (Fsp3) is 0.571. The summed E-state index contributed by atoms with van der Waals surface area (Å²) in [6.45, 7) is 2.00. The summed E-state index contributed by atoms with van der Waals surface area (Å²) in [5.74, 6) is 0.441. The number of Topliss-reactive ketones (excluding diaryl/α,β-unsaturated/α-hetero) is 1. The zero-order valence-corrected chi connectivity index (χ0v) is 10.2. The first-order valence-electron chi connectivity index (χ1n) is 6.47. The normalized spacial score (nSPS) is 28.3. The van der Waals surface area contributed by atoms with Gasteiger partial charge in [-0.3, -0.25) is 9.78 Å². The number of carbonyl (C=O) groups is 1. The van der Waals surface area contributed by atoms with E-state index < -0.39 is 0 Å². The zero-order valence-electron chi connectivity index (χ0n) is 10.2. The maximum Gasteiger partial charge on any atom is 0.137 e. The summed E-state index contributed by atoms with van der Waals surface area (Å²) in [7, 11) is 0. The number of aryl methyl sites for hydroxylation is 1. The van der Waals surface area contributed by atoms with E-state index in [1.807, 2.05) is 13.1 Å². The van der Waals surface area contributed by atoms with Crippen molar-refractivity contribution in [3.63, 3.8) is 0 Å². The van der Waals surface area contributed by atoms with Gasteiger partial charge in [0.05, 0.1) is 11.9 Å². The Bertz CT molecular complexity index is 410. The van der Waals surface area contributed by atoms with Gasteiger partial charge < -0.3 is 4.90 Å². The Morgan fingerprint density at radius 3 is 2.53 bits per heavy atom. The molecule has 2 saturated heterocycles. The van der Waals surface area contributed by atoms with Crippen LogP contribution in [0.3, 0.4) is 0 Å². The quantitative estimate of drug-likeness (QED) is 0.743. The summed E-state index contributed by atoms with van der Waals surface area (Å²) in [5.41, 5.74) is 2.24. The molecule has 17 heavy (non-hydrogen) atoms. The summed E-state index contributed by atoms with van der Waals surface area (Å²) >= 11 is 0. The second kappa shape index (κ2) is 4.13. The molecule has 0 aliphatic carbocycles. The van der Waals surface area contributed by atoms with Crippen molar-refractivity contribution in [3.8, 4) is 0 Å². The van der Waals surface area contributed by atoms with Crippen molar-refractivity contribution in [3.05, 3.63) is 24.0 Å². The molecule has 3 heterocycles. The molecule has 0 spiro atoms. The summed E-state index contributed by atoms with van der Waals surface area (Å²) in [5, 5.41) is 0. The van der Waals surface area contributed by atoms with E-state index in [4.69, 9.17) is 0 Å². The Hall–Kier alpha value is -1.38. The fourth-order valence-corrected chi connectivity index (χ4v) is 3.21. The summed E-state index contributed by atoms with van der Waals surface area (Å²) < 4.78 is 0. The molecule has 2 bridgehead atoms. The first-order valence-corrected chi connectivity index (χ1v) is 6.47. The Morgan fingerprint density at radius 2 is 1.94 bits per heavy atom. The number of hydrogen-bond donors (Lipinski definition) is 0. The second-order valence-electron chi connectivity index (χ2n) is 5.25. The summed E-state index contributed by atoms with van der Waals surface area (Å²) in [6, 6.07) is 5.03. The molecule has 1 aromatic rings. The highest BCUT2D eigenvalue weighted by Gasteiger charge is 2.37. The fourth-order valence-electron chi connectivity index (χ4n) is 3.21. The highest BCUT2D eigenvalue weighted by atomic mass is 16.1. The lowest BCUT2D eigenvalue weighted by molar-refractivity contribution is -0.121. The van der Waals surface area contributed by atoms with E-state index in [-0.39, 0.29) is 0 Å². The monoisotopic (exact) mass is 230 g/mol. The Kier molecular flexibility index (Phi) is 2.61. The Labute approximate surface area is 102 Å². The van der Waals surface area contributed by atoms with Crippen LogP contribution in [-0.4, -0.2) is 22.9 Å². The Balaban J connectivity index is 1.91. The molecule has 0 N–H and O–H groups in total. The van der Waals surface area contributed by atoms with Crippen molar-refractivity contribution >= 4 is 11.5 Å². The van der Waals surface area contributed by atoms with Crippen LogP contribution in [0.5, 0.6) is 0 Å². The average Bonchev–Trinajstić information content (AvgIpc) is 2.29. The molecule has 0 radical (unpaired) electrons. The SMILES string of the molecule is Cc1ccc(N2C3CCCC2CC(=O)C3)cn1. The highest BCUT2D eigenvalue weighted by Crippen LogP contribution is 2.35. The van der Waals surface area contributed by atoms with E-state index >= 15 is 0 Å². The number of nitrogens with zero attached hydrogens (tertiary/aromatic N) is 2. The van der Waals surface area contributed by atoms with Gasteiger partial charge in [-0.05, 0) is 38.3 Å². The van der Waals surface area contributed by atoms with Gasteiger partial charge in [0, 0.05) is 30.6 Å². The number of rotatable bonds is 1. The number of anilines is 1. The highest BCUT2D eigenvalue weighted by molar-refractivity contribution is 5.82. The van der Waals surface area contributed by atoms with E-state index in [1.165, 1.54) is 12.1 Å². The van der Waals surface area contributed by atoms with Crippen LogP contribution in [0.15, 0.2) is 18.3 Å². The minimum absolute atomic E-state index is 0.416. The lowest BCUT2D eigenvalue weighted by Crippen LogP contribution is -2.52. The van der Waals surface area contributed by atoms with E-state index in [9.17, 15) is 4.79 Å². The van der Waals surface area contributed by atoms with Crippen molar-refractivity contribution in [2.45, 2.75) is 51.1 Å². The van der Waals surface area contributed by atoms with Crippen LogP contribution in [0, 0.1) is 6.92 Å². The average molecular weight is 230 g/mol. The zero-order chi connectivity index (χ0) is 11.8. The van der Waals surface area contributed by atoms with Crippen molar-refractivity contribution in [1.29, 1.82) is 0 Å². The minimum Gasteiger partial charge on any atom is -0.363 e. The van der Waals surface area contributed by atoms with Crippen molar-refractivity contribution in [2.75, 3.05) is 4.90 Å². The van der Waals surface area contributed by atoms with Crippen LogP contribution in [0.2, 0.25) is 0 Å². The molecule has 0 aromatic carbocycles. The van der Waals surface area contributed by atoms with Crippen molar-refractivity contribution in [2.24, 2.45) is 0 Å². The van der Waals surface area contributed by atoms with Gasteiger partial charge in [-0.1, -0.05) is 0 Å². The lowest BCUT2D eigenvalue weighted by Gasteiger charge is -2.46. The van der Waals surface area contributed by atoms with Crippen LogP contribution < -0.4 is 4.90 Å². The molecule has 2 aliphatic heterocycles. The van der Waals surface area contributed by atoms with Gasteiger partial charge in [0.15, 0.2) is 0 Å². The van der Waals surface area contributed by atoms with E-state index in [2.05, 4.69) is 22.0 Å². The standard InChI is InChI=1S/C14H18N2O/c1-10-5-6-13(9-15-10)16-11-3-2-4-12(16)8-14(17)7-11/h5-6,9,11-12H,2-4,7-8H2,1H3. The maximum absolute atomic E-state index is 11.7. The molecular weight excluding hydrogens is 212 g/mol. The smallest absolute Gasteiger partial charge is 0.137 e. The molecule has 1 aromatic heterocycles. The topological polar surface area (TPSA) is 33.2 Å². The van der Waals surface area contributed by atoms with Crippen LogP contribution in [-0.2, 0) is 4.79 Å². The predicted molar refractivity (Wildman–Crippen MR) is 67.1 cm³/mol. The van der Waals surface area contributed by atoms with Gasteiger partial charge in [0.25, 0.3) is 0 Å². The van der Waals surface area contributed by atoms with E-state index in [0.29, 0.717) is 17.9 Å².